The predicted molar refractivity (Wildman–Crippen MR) is 87.1 cm³/mol. The van der Waals surface area contributed by atoms with Crippen LogP contribution < -0.4 is 14.3 Å². The van der Waals surface area contributed by atoms with Crippen LogP contribution in [0.3, 0.4) is 0 Å². The van der Waals surface area contributed by atoms with Gasteiger partial charge in [-0.3, -0.25) is 4.79 Å². The van der Waals surface area contributed by atoms with Gasteiger partial charge < -0.3 is 14.0 Å². The molecule has 0 saturated heterocycles. The Morgan fingerprint density at radius 2 is 2.23 bits per heavy atom. The Labute approximate surface area is 133 Å². The van der Waals surface area contributed by atoms with Gasteiger partial charge in [0.2, 0.25) is 0 Å². The second-order valence-electron chi connectivity index (χ2n) is 4.50. The summed E-state index contributed by atoms with van der Waals surface area (Å²) in [6.07, 6.45) is 5.75. The first kappa shape index (κ1) is 16.0. The number of hydrogen-bond acceptors (Lipinski definition) is 4. The number of aryl methyl sites for hydroxylation is 1. The summed E-state index contributed by atoms with van der Waals surface area (Å²) in [6.45, 7) is 1.82. The second-order valence-corrected chi connectivity index (χ2v) is 5.37. The zero-order valence-corrected chi connectivity index (χ0v) is 13.6. The molecule has 1 amide bonds. The molecule has 0 unspecified atom stereocenters. The molecule has 116 valence electrons. The molecule has 5 nitrogen and oxygen atoms in total. The highest BCUT2D eigenvalue weighted by molar-refractivity contribution is 7.07. The van der Waals surface area contributed by atoms with Gasteiger partial charge >= 0.3 is 0 Å². The van der Waals surface area contributed by atoms with Crippen LogP contribution in [0, 0.1) is 0 Å². The number of benzene rings is 1. The maximum absolute atomic E-state index is 11.9. The van der Waals surface area contributed by atoms with Crippen molar-refractivity contribution in [3.63, 3.8) is 0 Å². The number of allylic oxidation sites excluding steroid dienone is 1. The summed E-state index contributed by atoms with van der Waals surface area (Å²) in [5, 5.41) is 1.87. The highest BCUT2D eigenvalue weighted by Crippen LogP contribution is 2.28. The number of methoxy groups -OCH3 is 1. The topological polar surface area (TPSA) is 52.8 Å². The number of carbonyl (C=O) groups is 1. The number of hydrogen-bond donors (Lipinski definition) is 0. The number of amides is 1. The van der Waals surface area contributed by atoms with Crippen molar-refractivity contribution in [1.82, 2.24) is 4.57 Å². The molecular weight excluding hydrogens is 300 g/mol. The van der Waals surface area contributed by atoms with Gasteiger partial charge in [-0.15, -0.1) is 11.3 Å². The van der Waals surface area contributed by atoms with Crippen LogP contribution in [-0.2, 0) is 11.8 Å². The summed E-state index contributed by atoms with van der Waals surface area (Å²) >= 11 is 1.40. The van der Waals surface area contributed by atoms with E-state index in [0.717, 1.165) is 5.56 Å². The third-order valence-corrected chi connectivity index (χ3v) is 3.73. The molecule has 0 N–H and O–H groups in total. The molecule has 0 radical (unpaired) electrons. The predicted octanol–water partition coefficient (Wildman–Crippen LogP) is 2.63. The Kier molecular flexibility index (Phi) is 5.55. The summed E-state index contributed by atoms with van der Waals surface area (Å²) in [5.41, 5.74) is 1.01. The third kappa shape index (κ3) is 4.08. The van der Waals surface area contributed by atoms with Crippen molar-refractivity contribution in [3.8, 4) is 11.5 Å². The van der Waals surface area contributed by atoms with E-state index in [4.69, 9.17) is 9.47 Å². The van der Waals surface area contributed by atoms with Gasteiger partial charge in [-0.2, -0.15) is 4.99 Å². The molecule has 0 saturated carbocycles. The Hall–Kier alpha value is -2.34. The molecular formula is C16H18N2O3S. The van der Waals surface area contributed by atoms with E-state index in [1.807, 2.05) is 49.8 Å². The van der Waals surface area contributed by atoms with Gasteiger partial charge in [0.25, 0.3) is 5.91 Å². The van der Waals surface area contributed by atoms with Crippen molar-refractivity contribution in [1.29, 1.82) is 0 Å². The molecule has 0 bridgehead atoms. The van der Waals surface area contributed by atoms with Crippen LogP contribution in [0.1, 0.15) is 12.5 Å². The number of ether oxygens (including phenoxy) is 2. The van der Waals surface area contributed by atoms with Crippen molar-refractivity contribution in [3.05, 3.63) is 46.2 Å². The lowest BCUT2D eigenvalue weighted by molar-refractivity contribution is -0.120. The van der Waals surface area contributed by atoms with E-state index in [1.165, 1.54) is 11.3 Å². The molecule has 1 aromatic heterocycles. The first-order chi connectivity index (χ1) is 10.6. The Balaban J connectivity index is 2.08. The molecule has 1 aromatic carbocycles. The monoisotopic (exact) mass is 318 g/mol. The van der Waals surface area contributed by atoms with Crippen LogP contribution in [0.4, 0.5) is 0 Å². The molecule has 22 heavy (non-hydrogen) atoms. The minimum Gasteiger partial charge on any atom is -0.493 e. The van der Waals surface area contributed by atoms with Crippen LogP contribution in [-0.4, -0.2) is 24.2 Å². The van der Waals surface area contributed by atoms with Crippen LogP contribution in [0.5, 0.6) is 11.5 Å². The van der Waals surface area contributed by atoms with Crippen molar-refractivity contribution >= 4 is 23.3 Å². The van der Waals surface area contributed by atoms with Crippen molar-refractivity contribution in [2.45, 2.75) is 6.92 Å². The summed E-state index contributed by atoms with van der Waals surface area (Å²) in [5.74, 6) is 0.776. The van der Waals surface area contributed by atoms with Crippen LogP contribution in [0.25, 0.3) is 6.08 Å². The number of thiazole rings is 1. The minimum atomic E-state index is -0.336. The van der Waals surface area contributed by atoms with Gasteiger partial charge in [0, 0.05) is 18.6 Å². The van der Waals surface area contributed by atoms with E-state index in [9.17, 15) is 4.79 Å². The first-order valence-electron chi connectivity index (χ1n) is 6.75. The summed E-state index contributed by atoms with van der Waals surface area (Å²) in [7, 11) is 3.41. The number of aromatic nitrogens is 1. The minimum absolute atomic E-state index is 0.128. The quantitative estimate of drug-likeness (QED) is 0.851. The van der Waals surface area contributed by atoms with E-state index in [1.54, 1.807) is 17.7 Å². The molecule has 2 rings (SSSR count). The maximum Gasteiger partial charge on any atom is 0.286 e. The Bertz CT molecular complexity index is 744. The molecule has 0 aliphatic carbocycles. The maximum atomic E-state index is 11.9. The average Bonchev–Trinajstić information content (AvgIpc) is 2.91. The summed E-state index contributed by atoms with van der Waals surface area (Å²) < 4.78 is 12.6. The average molecular weight is 318 g/mol. The number of carbonyl (C=O) groups excluding carboxylic acids is 1. The van der Waals surface area contributed by atoms with Gasteiger partial charge in [-0.25, -0.2) is 0 Å². The Morgan fingerprint density at radius 3 is 2.86 bits per heavy atom. The smallest absolute Gasteiger partial charge is 0.286 e. The molecule has 0 fully saturated rings. The van der Waals surface area contributed by atoms with Gasteiger partial charge in [-0.1, -0.05) is 18.2 Å². The molecule has 0 aliphatic heterocycles. The lowest BCUT2D eigenvalue weighted by Gasteiger charge is -2.09. The van der Waals surface area contributed by atoms with Gasteiger partial charge in [0.1, 0.15) is 0 Å². The molecule has 0 aliphatic rings. The molecule has 0 atom stereocenters. The van der Waals surface area contributed by atoms with Crippen LogP contribution in [0.15, 0.2) is 40.8 Å². The number of rotatable bonds is 5. The zero-order chi connectivity index (χ0) is 15.9. The fraction of sp³-hybridized carbons (Fsp3) is 0.250. The molecule has 2 aromatic rings. The second kappa shape index (κ2) is 7.61. The SMILES string of the molecule is CC=Cc1ccc(OCC(=O)N=c2sccn2C)c(OC)c1. The van der Waals surface area contributed by atoms with Crippen molar-refractivity contribution in [2.24, 2.45) is 12.0 Å². The fourth-order valence-corrected chi connectivity index (χ4v) is 2.56. The van der Waals surface area contributed by atoms with E-state index in [-0.39, 0.29) is 12.5 Å². The van der Waals surface area contributed by atoms with Gasteiger partial charge in [0.05, 0.1) is 7.11 Å². The fourth-order valence-electron chi connectivity index (χ4n) is 1.81. The number of nitrogens with zero attached hydrogens (tertiary/aromatic N) is 2. The molecule has 0 spiro atoms. The standard InChI is InChI=1S/C16H18N2O3S/c1-4-5-12-6-7-13(14(10-12)20-3)21-11-15(19)17-16-18(2)8-9-22-16/h4-10H,11H2,1-3H3. The summed E-state index contributed by atoms with van der Waals surface area (Å²) in [4.78, 5) is 16.5. The largest absolute Gasteiger partial charge is 0.493 e. The lowest BCUT2D eigenvalue weighted by atomic mass is 10.2. The Morgan fingerprint density at radius 1 is 1.41 bits per heavy atom. The van der Waals surface area contributed by atoms with Crippen LogP contribution in [0.2, 0.25) is 0 Å². The first-order valence-corrected chi connectivity index (χ1v) is 7.63. The zero-order valence-electron chi connectivity index (χ0n) is 12.8. The highest BCUT2D eigenvalue weighted by Gasteiger charge is 2.07. The molecule has 6 heteroatoms. The van der Waals surface area contributed by atoms with E-state index < -0.39 is 0 Å². The van der Waals surface area contributed by atoms with Gasteiger partial charge in [-0.05, 0) is 24.6 Å². The normalized spacial score (nSPS) is 11.9. The third-order valence-electron chi connectivity index (χ3n) is 2.88. The lowest BCUT2D eigenvalue weighted by Crippen LogP contribution is -2.16. The van der Waals surface area contributed by atoms with Crippen LogP contribution >= 0.6 is 11.3 Å². The van der Waals surface area contributed by atoms with E-state index >= 15 is 0 Å². The molecule has 1 heterocycles. The van der Waals surface area contributed by atoms with Gasteiger partial charge in [0.15, 0.2) is 22.9 Å². The van der Waals surface area contributed by atoms with Crippen molar-refractivity contribution < 1.29 is 14.3 Å². The highest BCUT2D eigenvalue weighted by atomic mass is 32.1. The van der Waals surface area contributed by atoms with Crippen molar-refractivity contribution in [2.75, 3.05) is 13.7 Å². The van der Waals surface area contributed by atoms with E-state index in [2.05, 4.69) is 4.99 Å². The van der Waals surface area contributed by atoms with E-state index in [0.29, 0.717) is 16.3 Å². The summed E-state index contributed by atoms with van der Waals surface area (Å²) in [6, 6.07) is 5.54.